The molecule has 0 bridgehead atoms. The van der Waals surface area contributed by atoms with Crippen LogP contribution in [-0.2, 0) is 19.5 Å². The Morgan fingerprint density at radius 3 is 2.44 bits per heavy atom. The van der Waals surface area contributed by atoms with E-state index in [2.05, 4.69) is 69.2 Å². The maximum Gasteiger partial charge on any atom is 0.256 e. The number of benzene rings is 2. The van der Waals surface area contributed by atoms with Crippen LogP contribution in [0.15, 0.2) is 107 Å². The van der Waals surface area contributed by atoms with Crippen LogP contribution < -0.4 is 5.56 Å². The largest absolute Gasteiger partial charge is 0.368 e. The Bertz CT molecular complexity index is 1650. The molecule has 39 heavy (non-hydrogen) atoms. The average molecular weight is 514 g/mol. The number of aromatic nitrogens is 4. The lowest BCUT2D eigenvalue weighted by Crippen LogP contribution is -2.36. The van der Waals surface area contributed by atoms with Crippen LogP contribution in [0.4, 0.5) is 0 Å². The molecule has 4 aromatic rings. The molecule has 0 saturated heterocycles. The molecule has 6 heteroatoms. The van der Waals surface area contributed by atoms with E-state index in [4.69, 9.17) is 10.1 Å². The van der Waals surface area contributed by atoms with E-state index in [1.165, 1.54) is 17.0 Å². The second-order valence-corrected chi connectivity index (χ2v) is 10.6. The lowest BCUT2D eigenvalue weighted by atomic mass is 9.96. The highest BCUT2D eigenvalue weighted by Gasteiger charge is 2.29. The molecular weight excluding hydrogens is 482 g/mol. The van der Waals surface area contributed by atoms with Gasteiger partial charge in [-0.3, -0.25) is 9.48 Å². The Morgan fingerprint density at radius 2 is 1.72 bits per heavy atom. The van der Waals surface area contributed by atoms with Crippen molar-refractivity contribution in [2.24, 2.45) is 0 Å². The number of rotatable bonds is 6. The number of nitrogens with one attached hydrogen (secondary N) is 1. The van der Waals surface area contributed by atoms with Crippen molar-refractivity contribution in [1.82, 2.24) is 24.6 Å². The number of hydrogen-bond acceptors (Lipinski definition) is 4. The Morgan fingerprint density at radius 1 is 0.949 bits per heavy atom. The van der Waals surface area contributed by atoms with Crippen molar-refractivity contribution in [2.45, 2.75) is 44.7 Å². The van der Waals surface area contributed by atoms with E-state index in [-0.39, 0.29) is 5.56 Å². The molecule has 1 fully saturated rings. The Hall–Kier alpha value is -4.45. The summed E-state index contributed by atoms with van der Waals surface area (Å²) >= 11 is 0. The monoisotopic (exact) mass is 513 g/mol. The summed E-state index contributed by atoms with van der Waals surface area (Å²) in [6, 6.07) is 22.5. The van der Waals surface area contributed by atoms with Gasteiger partial charge in [-0.15, -0.1) is 0 Å². The Kier molecular flexibility index (Phi) is 6.08. The summed E-state index contributed by atoms with van der Waals surface area (Å²) in [6.07, 6.45) is 12.7. The predicted molar refractivity (Wildman–Crippen MR) is 154 cm³/mol. The lowest BCUT2D eigenvalue weighted by Gasteiger charge is -2.32. The maximum absolute atomic E-state index is 13.2. The quantitative estimate of drug-likeness (QED) is 0.343. The van der Waals surface area contributed by atoms with Crippen molar-refractivity contribution in [3.8, 4) is 22.6 Å². The SMILES string of the molecule is O=c1[nH]c(-c2ccccc2)nc2c1CN(C(Cn1nc(-c3ccccc3)cc1C1C=CC=CC1)=C1CC1)CC2. The zero-order valence-corrected chi connectivity index (χ0v) is 21.9. The molecule has 0 amide bonds. The third kappa shape index (κ3) is 4.78. The minimum absolute atomic E-state index is 0.0334. The highest BCUT2D eigenvalue weighted by molar-refractivity contribution is 5.60. The van der Waals surface area contributed by atoms with Gasteiger partial charge in [0.1, 0.15) is 5.82 Å². The molecule has 0 spiro atoms. The van der Waals surface area contributed by atoms with Crippen LogP contribution in [0.2, 0.25) is 0 Å². The van der Waals surface area contributed by atoms with Crippen LogP contribution in [0.3, 0.4) is 0 Å². The van der Waals surface area contributed by atoms with E-state index in [0.717, 1.165) is 60.3 Å². The molecule has 1 unspecified atom stereocenters. The molecule has 194 valence electrons. The second-order valence-electron chi connectivity index (χ2n) is 10.6. The molecule has 1 saturated carbocycles. The first kappa shape index (κ1) is 23.7. The predicted octanol–water partition coefficient (Wildman–Crippen LogP) is 6.01. The summed E-state index contributed by atoms with van der Waals surface area (Å²) in [5.74, 6) is 0.953. The molecule has 1 N–H and O–H groups in total. The van der Waals surface area contributed by atoms with E-state index >= 15 is 0 Å². The van der Waals surface area contributed by atoms with Gasteiger partial charge in [0.15, 0.2) is 0 Å². The normalized spacial score (nSPS) is 17.8. The Labute approximate surface area is 228 Å². The van der Waals surface area contributed by atoms with Crippen LogP contribution >= 0.6 is 0 Å². The third-order valence-electron chi connectivity index (χ3n) is 7.95. The van der Waals surface area contributed by atoms with E-state index in [1.54, 1.807) is 0 Å². The van der Waals surface area contributed by atoms with E-state index < -0.39 is 0 Å². The number of fused-ring (bicyclic) bond motifs is 1. The van der Waals surface area contributed by atoms with Gasteiger partial charge < -0.3 is 9.88 Å². The fourth-order valence-corrected chi connectivity index (χ4v) is 5.72. The average Bonchev–Trinajstić information content (AvgIpc) is 3.75. The number of allylic oxidation sites excluding steroid dienone is 6. The first-order valence-electron chi connectivity index (χ1n) is 13.8. The van der Waals surface area contributed by atoms with Crippen molar-refractivity contribution in [3.63, 3.8) is 0 Å². The van der Waals surface area contributed by atoms with Crippen molar-refractivity contribution in [1.29, 1.82) is 0 Å². The van der Waals surface area contributed by atoms with Gasteiger partial charge in [0, 0.05) is 47.9 Å². The fourth-order valence-electron chi connectivity index (χ4n) is 5.72. The van der Waals surface area contributed by atoms with Crippen LogP contribution in [0, 0.1) is 0 Å². The minimum Gasteiger partial charge on any atom is -0.368 e. The summed E-state index contributed by atoms with van der Waals surface area (Å²) in [5.41, 5.74) is 8.76. The maximum atomic E-state index is 13.2. The molecule has 1 atom stereocenters. The van der Waals surface area contributed by atoms with Crippen LogP contribution in [0.25, 0.3) is 22.6 Å². The van der Waals surface area contributed by atoms with Crippen molar-refractivity contribution in [2.75, 3.05) is 6.54 Å². The smallest absolute Gasteiger partial charge is 0.256 e. The van der Waals surface area contributed by atoms with Crippen molar-refractivity contribution in [3.05, 3.63) is 130 Å². The molecule has 2 aromatic carbocycles. The van der Waals surface area contributed by atoms with Gasteiger partial charge in [-0.25, -0.2) is 4.98 Å². The number of hydrogen-bond donors (Lipinski definition) is 1. The van der Waals surface area contributed by atoms with Gasteiger partial charge >= 0.3 is 0 Å². The summed E-state index contributed by atoms with van der Waals surface area (Å²) in [6.45, 7) is 2.15. The van der Waals surface area contributed by atoms with Crippen LogP contribution in [0.5, 0.6) is 0 Å². The molecule has 2 aliphatic carbocycles. The molecule has 2 aromatic heterocycles. The molecular formula is C33H31N5O. The number of aromatic amines is 1. The molecule has 6 nitrogen and oxygen atoms in total. The number of nitrogens with zero attached hydrogens (tertiary/aromatic N) is 4. The first-order chi connectivity index (χ1) is 19.2. The first-order valence-corrected chi connectivity index (χ1v) is 13.8. The third-order valence-corrected chi connectivity index (χ3v) is 7.95. The van der Waals surface area contributed by atoms with Crippen LogP contribution in [-0.4, -0.2) is 31.2 Å². The number of H-pyrrole nitrogens is 1. The van der Waals surface area contributed by atoms with Gasteiger partial charge in [-0.1, -0.05) is 85.0 Å². The van der Waals surface area contributed by atoms with Crippen LogP contribution in [0.1, 0.15) is 42.1 Å². The van der Waals surface area contributed by atoms with Crippen molar-refractivity contribution >= 4 is 0 Å². The van der Waals surface area contributed by atoms with E-state index in [1.807, 2.05) is 36.4 Å². The van der Waals surface area contributed by atoms with E-state index in [0.29, 0.717) is 24.8 Å². The van der Waals surface area contributed by atoms with Gasteiger partial charge in [0.25, 0.3) is 5.56 Å². The standard InChI is InChI=1S/C33H31N5O/c39-33-27-21-37(19-18-28(27)34-32(35-33)26-14-8-3-9-15-26)31(25-16-17-25)22-38-30(24-12-6-2-7-13-24)20-29(36-38)23-10-4-1-5-11-23/h1-12,14-15,20,24H,13,16-19,21-22H2,(H,34,35,39). The highest BCUT2D eigenvalue weighted by atomic mass is 16.1. The van der Waals surface area contributed by atoms with Gasteiger partial charge in [-0.05, 0) is 30.9 Å². The van der Waals surface area contributed by atoms with Gasteiger partial charge in [0.05, 0.1) is 23.5 Å². The molecule has 0 radical (unpaired) electrons. The molecule has 3 aliphatic rings. The highest BCUT2D eigenvalue weighted by Crippen LogP contribution is 2.37. The van der Waals surface area contributed by atoms with E-state index in [9.17, 15) is 4.79 Å². The molecule has 3 heterocycles. The molecule has 7 rings (SSSR count). The zero-order chi connectivity index (χ0) is 26.2. The van der Waals surface area contributed by atoms with Gasteiger partial charge in [-0.2, -0.15) is 5.10 Å². The molecule has 1 aliphatic heterocycles. The van der Waals surface area contributed by atoms with Crippen molar-refractivity contribution < 1.29 is 0 Å². The topological polar surface area (TPSA) is 66.8 Å². The summed E-state index contributed by atoms with van der Waals surface area (Å²) < 4.78 is 2.20. The lowest BCUT2D eigenvalue weighted by molar-refractivity contribution is 0.294. The Balaban J connectivity index is 1.20. The summed E-state index contributed by atoms with van der Waals surface area (Å²) in [7, 11) is 0. The fraction of sp³-hybridized carbons (Fsp3) is 0.242. The van der Waals surface area contributed by atoms with Gasteiger partial charge in [0.2, 0.25) is 0 Å². The zero-order valence-electron chi connectivity index (χ0n) is 21.9. The summed E-state index contributed by atoms with van der Waals surface area (Å²) in [4.78, 5) is 23.5. The summed E-state index contributed by atoms with van der Waals surface area (Å²) in [5, 5.41) is 5.13. The second kappa shape index (κ2) is 10.0. The minimum atomic E-state index is -0.0334.